The van der Waals surface area contributed by atoms with Crippen molar-refractivity contribution < 1.29 is 4.79 Å². The van der Waals surface area contributed by atoms with Gasteiger partial charge in [0.15, 0.2) is 0 Å². The molecule has 1 unspecified atom stereocenters. The van der Waals surface area contributed by atoms with Crippen molar-refractivity contribution in [2.24, 2.45) is 0 Å². The minimum atomic E-state index is -0.0384. The number of carbonyl (C=O) groups is 1. The second-order valence-corrected chi connectivity index (χ2v) is 6.59. The number of carbonyl (C=O) groups excluding carboxylic acids is 1. The Morgan fingerprint density at radius 2 is 1.67 bits per heavy atom. The fourth-order valence-corrected chi connectivity index (χ4v) is 2.55. The van der Waals surface area contributed by atoms with Crippen LogP contribution < -0.4 is 5.32 Å². The van der Waals surface area contributed by atoms with Gasteiger partial charge in [0.1, 0.15) is 0 Å². The summed E-state index contributed by atoms with van der Waals surface area (Å²) in [4.78, 5) is 12.0. The molecule has 0 bridgehead atoms. The Labute approximate surface area is 145 Å². The van der Waals surface area contributed by atoms with E-state index in [-0.39, 0.29) is 11.9 Å². The third-order valence-corrected chi connectivity index (χ3v) is 4.13. The van der Waals surface area contributed by atoms with Crippen LogP contribution >= 0.6 is 0 Å². The second-order valence-electron chi connectivity index (χ2n) is 6.59. The minimum Gasteiger partial charge on any atom is -0.350 e. The van der Waals surface area contributed by atoms with E-state index in [9.17, 15) is 4.79 Å². The van der Waals surface area contributed by atoms with Crippen LogP contribution in [-0.4, -0.2) is 11.9 Å². The summed E-state index contributed by atoms with van der Waals surface area (Å²) in [6.45, 7) is 6.40. The molecule has 126 valence electrons. The van der Waals surface area contributed by atoms with Crippen LogP contribution in [0, 0.1) is 0 Å². The van der Waals surface area contributed by atoms with Gasteiger partial charge in [-0.15, -0.1) is 0 Å². The molecule has 1 N–H and O–H groups in total. The van der Waals surface area contributed by atoms with Crippen LogP contribution in [0.3, 0.4) is 0 Å². The van der Waals surface area contributed by atoms with Gasteiger partial charge in [-0.05, 0) is 48.4 Å². The molecule has 0 fully saturated rings. The first-order valence-corrected chi connectivity index (χ1v) is 8.67. The predicted molar refractivity (Wildman–Crippen MR) is 102 cm³/mol. The molecule has 0 radical (unpaired) electrons. The molecule has 2 rings (SSSR count). The molecule has 0 spiro atoms. The van der Waals surface area contributed by atoms with Crippen LogP contribution in [0.25, 0.3) is 6.08 Å². The van der Waals surface area contributed by atoms with Crippen molar-refractivity contribution in [3.63, 3.8) is 0 Å². The van der Waals surface area contributed by atoms with E-state index < -0.39 is 0 Å². The standard InChI is InChI=1S/C22H27NO/c1-17(2)21-14-11-20(12-15-21)13-16-22(24)23-18(3)9-10-19-7-5-4-6-8-19/h4-8,11-18H,9-10H2,1-3H3,(H,23,24)/b16-13+. The molecule has 1 atom stereocenters. The molecule has 2 heteroatoms. The number of aryl methyl sites for hydroxylation is 1. The maximum absolute atomic E-state index is 12.0. The van der Waals surface area contributed by atoms with Gasteiger partial charge in [0.25, 0.3) is 0 Å². The highest BCUT2D eigenvalue weighted by atomic mass is 16.1. The van der Waals surface area contributed by atoms with Crippen molar-refractivity contribution in [3.05, 3.63) is 77.4 Å². The smallest absolute Gasteiger partial charge is 0.244 e. The number of nitrogens with one attached hydrogen (secondary N) is 1. The van der Waals surface area contributed by atoms with E-state index in [4.69, 9.17) is 0 Å². The van der Waals surface area contributed by atoms with E-state index in [0.29, 0.717) is 5.92 Å². The molecule has 0 aliphatic heterocycles. The second kappa shape index (κ2) is 9.07. The number of benzene rings is 2. The predicted octanol–water partition coefficient (Wildman–Crippen LogP) is 4.96. The van der Waals surface area contributed by atoms with Crippen molar-refractivity contribution in [2.75, 3.05) is 0 Å². The van der Waals surface area contributed by atoms with Gasteiger partial charge in [-0.1, -0.05) is 68.4 Å². The molecule has 0 saturated carbocycles. The summed E-state index contributed by atoms with van der Waals surface area (Å²) < 4.78 is 0. The highest BCUT2D eigenvalue weighted by molar-refractivity contribution is 5.91. The largest absolute Gasteiger partial charge is 0.350 e. The number of amides is 1. The fraction of sp³-hybridized carbons (Fsp3) is 0.318. The Morgan fingerprint density at radius 1 is 1.00 bits per heavy atom. The lowest BCUT2D eigenvalue weighted by molar-refractivity contribution is -0.117. The highest BCUT2D eigenvalue weighted by Gasteiger charge is 2.05. The first-order valence-electron chi connectivity index (χ1n) is 8.67. The molecule has 2 aromatic carbocycles. The monoisotopic (exact) mass is 321 g/mol. The molecule has 2 nitrogen and oxygen atoms in total. The summed E-state index contributed by atoms with van der Waals surface area (Å²) in [6, 6.07) is 18.9. The van der Waals surface area contributed by atoms with Gasteiger partial charge in [0.05, 0.1) is 0 Å². The number of hydrogen-bond donors (Lipinski definition) is 1. The zero-order valence-electron chi connectivity index (χ0n) is 14.8. The van der Waals surface area contributed by atoms with E-state index in [1.54, 1.807) is 6.08 Å². The van der Waals surface area contributed by atoms with Gasteiger partial charge in [0, 0.05) is 12.1 Å². The van der Waals surface area contributed by atoms with E-state index >= 15 is 0 Å². The van der Waals surface area contributed by atoms with Crippen molar-refractivity contribution in [1.82, 2.24) is 5.32 Å². The van der Waals surface area contributed by atoms with Gasteiger partial charge in [-0.2, -0.15) is 0 Å². The van der Waals surface area contributed by atoms with Crippen LogP contribution in [0.15, 0.2) is 60.7 Å². The molecule has 0 saturated heterocycles. The van der Waals surface area contributed by atoms with Gasteiger partial charge < -0.3 is 5.32 Å². The Hall–Kier alpha value is -2.35. The minimum absolute atomic E-state index is 0.0384. The molecule has 24 heavy (non-hydrogen) atoms. The van der Waals surface area contributed by atoms with E-state index in [2.05, 4.69) is 55.6 Å². The molecule has 0 aliphatic carbocycles. The van der Waals surface area contributed by atoms with Gasteiger partial charge in [0.2, 0.25) is 5.91 Å². The average molecular weight is 321 g/mol. The lowest BCUT2D eigenvalue weighted by atomic mass is 10.0. The fourth-order valence-electron chi connectivity index (χ4n) is 2.55. The van der Waals surface area contributed by atoms with Gasteiger partial charge in [-0.25, -0.2) is 0 Å². The van der Waals surface area contributed by atoms with Crippen LogP contribution in [0.1, 0.15) is 49.8 Å². The molecule has 0 heterocycles. The maximum atomic E-state index is 12.0. The van der Waals surface area contributed by atoms with E-state index in [1.165, 1.54) is 11.1 Å². The summed E-state index contributed by atoms with van der Waals surface area (Å²) in [6.07, 6.45) is 5.39. The van der Waals surface area contributed by atoms with E-state index in [0.717, 1.165) is 18.4 Å². The number of rotatable bonds is 7. The summed E-state index contributed by atoms with van der Waals surface area (Å²) in [5, 5.41) is 3.02. The summed E-state index contributed by atoms with van der Waals surface area (Å²) in [5.74, 6) is 0.486. The van der Waals surface area contributed by atoms with Crippen LogP contribution in [-0.2, 0) is 11.2 Å². The zero-order valence-corrected chi connectivity index (χ0v) is 14.8. The Kier molecular flexibility index (Phi) is 6.80. The summed E-state index contributed by atoms with van der Waals surface area (Å²) >= 11 is 0. The summed E-state index contributed by atoms with van der Waals surface area (Å²) in [7, 11) is 0. The molecular formula is C22H27NO. The van der Waals surface area contributed by atoms with Crippen molar-refractivity contribution in [3.8, 4) is 0 Å². The average Bonchev–Trinajstić information content (AvgIpc) is 2.59. The van der Waals surface area contributed by atoms with Crippen LogP contribution in [0.5, 0.6) is 0 Å². The Balaban J connectivity index is 1.79. The van der Waals surface area contributed by atoms with Crippen molar-refractivity contribution in [1.29, 1.82) is 0 Å². The van der Waals surface area contributed by atoms with Crippen LogP contribution in [0.4, 0.5) is 0 Å². The third kappa shape index (κ3) is 6.04. The van der Waals surface area contributed by atoms with Gasteiger partial charge in [-0.3, -0.25) is 4.79 Å². The lowest BCUT2D eigenvalue weighted by Crippen LogP contribution is -2.31. The first-order chi connectivity index (χ1) is 11.5. The number of hydrogen-bond acceptors (Lipinski definition) is 1. The molecule has 0 aliphatic rings. The quantitative estimate of drug-likeness (QED) is 0.717. The molecule has 0 aromatic heterocycles. The normalized spacial score (nSPS) is 12.5. The molecular weight excluding hydrogens is 294 g/mol. The van der Waals surface area contributed by atoms with Gasteiger partial charge >= 0.3 is 0 Å². The van der Waals surface area contributed by atoms with Crippen LogP contribution in [0.2, 0.25) is 0 Å². The highest BCUT2D eigenvalue weighted by Crippen LogP contribution is 2.15. The van der Waals surface area contributed by atoms with Crippen molar-refractivity contribution in [2.45, 2.75) is 45.6 Å². The first kappa shape index (κ1) is 18.0. The Bertz CT molecular complexity index is 656. The molecule has 1 amide bonds. The topological polar surface area (TPSA) is 29.1 Å². The lowest BCUT2D eigenvalue weighted by Gasteiger charge is -2.12. The van der Waals surface area contributed by atoms with E-state index in [1.807, 2.05) is 31.2 Å². The zero-order chi connectivity index (χ0) is 17.4. The Morgan fingerprint density at radius 3 is 2.29 bits per heavy atom. The third-order valence-electron chi connectivity index (χ3n) is 4.13. The van der Waals surface area contributed by atoms with Crippen molar-refractivity contribution >= 4 is 12.0 Å². The SMILES string of the molecule is CC(CCc1ccccc1)NC(=O)/C=C/c1ccc(C(C)C)cc1. The summed E-state index contributed by atoms with van der Waals surface area (Å²) in [5.41, 5.74) is 3.66. The molecule has 2 aromatic rings. The maximum Gasteiger partial charge on any atom is 0.244 e.